The van der Waals surface area contributed by atoms with Gasteiger partial charge in [-0.3, -0.25) is 14.9 Å². The van der Waals surface area contributed by atoms with Crippen molar-refractivity contribution in [1.82, 2.24) is 0 Å². The molecule has 9 nitrogen and oxygen atoms in total. The fraction of sp³-hybridized carbons (Fsp3) is 0.312. The number of hydrogen-bond acceptors (Lipinski definition) is 8. The third kappa shape index (κ3) is 5.13. The molecule has 1 aromatic rings. The van der Waals surface area contributed by atoms with E-state index in [0.717, 1.165) is 6.07 Å². The van der Waals surface area contributed by atoms with Crippen LogP contribution in [0.2, 0.25) is 0 Å². The molecule has 9 heteroatoms. The Bertz CT molecular complexity index is 737. The number of ether oxygens (including phenoxy) is 2. The molecule has 0 aromatic heterocycles. The van der Waals surface area contributed by atoms with Gasteiger partial charge < -0.3 is 20.0 Å². The van der Waals surface area contributed by atoms with Gasteiger partial charge in [0.1, 0.15) is 12.4 Å². The minimum atomic E-state index is -0.928. The number of hydrogen-bond donors (Lipinski definition) is 2. The molecule has 0 heterocycles. The maximum absolute atomic E-state index is 12.0. The summed E-state index contributed by atoms with van der Waals surface area (Å²) in [6, 6.07) is 3.56. The second kappa shape index (κ2) is 8.57. The molecule has 134 valence electrons. The maximum atomic E-state index is 12.0. The number of nitro benzene ring substituents is 1. The number of allylic oxidation sites excluding steroid dienone is 1. The van der Waals surface area contributed by atoms with E-state index >= 15 is 0 Å². The normalized spacial score (nSPS) is 11.3. The number of nitrogens with one attached hydrogen (secondary N) is 1. The molecule has 0 aliphatic heterocycles. The predicted molar refractivity (Wildman–Crippen MR) is 88.3 cm³/mol. The molecule has 0 aliphatic rings. The van der Waals surface area contributed by atoms with Crippen molar-refractivity contribution >= 4 is 23.2 Å². The van der Waals surface area contributed by atoms with E-state index in [1.54, 1.807) is 6.92 Å². The van der Waals surface area contributed by atoms with Crippen molar-refractivity contribution in [1.29, 1.82) is 5.41 Å². The Hall–Kier alpha value is -3.23. The molecule has 1 aromatic carbocycles. The molecule has 0 fully saturated rings. The zero-order valence-corrected chi connectivity index (χ0v) is 14.0. The Balaban J connectivity index is 3.00. The number of nitrogens with zero attached hydrogens (tertiary/aromatic N) is 1. The van der Waals surface area contributed by atoms with Gasteiger partial charge in [0, 0.05) is 11.8 Å². The molecular weight excluding hydrogens is 332 g/mol. The second-order valence-corrected chi connectivity index (χ2v) is 4.95. The first kappa shape index (κ1) is 19.8. The van der Waals surface area contributed by atoms with Gasteiger partial charge in [-0.2, -0.15) is 0 Å². The third-order valence-corrected chi connectivity index (χ3v) is 3.05. The number of carbonyl (C=O) groups excluding carboxylic acids is 2. The first-order valence-corrected chi connectivity index (χ1v) is 7.25. The minimum absolute atomic E-state index is 0.0186. The number of benzene rings is 1. The van der Waals surface area contributed by atoms with Gasteiger partial charge in [-0.25, -0.2) is 4.79 Å². The Morgan fingerprint density at radius 3 is 2.44 bits per heavy atom. The molecule has 0 amide bonds. The molecule has 0 unspecified atom stereocenters. The van der Waals surface area contributed by atoms with Crippen LogP contribution in [0.25, 0.3) is 0 Å². The van der Waals surface area contributed by atoms with E-state index in [9.17, 15) is 24.8 Å². The first-order valence-electron chi connectivity index (χ1n) is 7.25. The minimum Gasteiger partial charge on any atom is -0.508 e. The van der Waals surface area contributed by atoms with E-state index in [4.69, 9.17) is 14.9 Å². The maximum Gasteiger partial charge on any atom is 0.338 e. The fourth-order valence-corrected chi connectivity index (χ4v) is 2.04. The van der Waals surface area contributed by atoms with Crippen molar-refractivity contribution < 1.29 is 29.1 Å². The predicted octanol–water partition coefficient (Wildman–Crippen LogP) is 2.59. The highest BCUT2D eigenvalue weighted by molar-refractivity contribution is 6.19. The van der Waals surface area contributed by atoms with Crippen molar-refractivity contribution in [3.8, 4) is 5.75 Å². The van der Waals surface area contributed by atoms with Gasteiger partial charge in [0.05, 0.1) is 22.7 Å². The van der Waals surface area contributed by atoms with Crippen LogP contribution in [-0.4, -0.2) is 40.7 Å². The molecule has 1 rings (SSSR count). The molecule has 0 spiro atoms. The lowest BCUT2D eigenvalue weighted by molar-refractivity contribution is -0.385. The van der Waals surface area contributed by atoms with Gasteiger partial charge >= 0.3 is 11.7 Å². The molecule has 25 heavy (non-hydrogen) atoms. The highest BCUT2D eigenvalue weighted by Gasteiger charge is 2.20. The quantitative estimate of drug-likeness (QED) is 0.183. The van der Waals surface area contributed by atoms with Crippen molar-refractivity contribution in [2.24, 2.45) is 0 Å². The van der Waals surface area contributed by atoms with Crippen LogP contribution in [0.15, 0.2) is 29.5 Å². The summed E-state index contributed by atoms with van der Waals surface area (Å²) in [4.78, 5) is 33.7. The summed E-state index contributed by atoms with van der Waals surface area (Å²) in [5.74, 6) is -2.01. The number of aliphatic hydroxyl groups excluding tert-OH is 1. The van der Waals surface area contributed by atoms with Gasteiger partial charge in [0.2, 0.25) is 0 Å². The SMILES string of the molecule is CCOc1ccc(C(=O)OC/C(O)=C(\C(C)=N)C(C)=O)cc1[N+](=O)[O-]. The number of carbonyl (C=O) groups is 2. The topological polar surface area (TPSA) is 140 Å². The lowest BCUT2D eigenvalue weighted by atomic mass is 10.1. The number of ketones is 1. The molecule has 0 radical (unpaired) electrons. The van der Waals surface area contributed by atoms with Gasteiger partial charge in [0.15, 0.2) is 11.5 Å². The van der Waals surface area contributed by atoms with E-state index in [0.29, 0.717) is 0 Å². The van der Waals surface area contributed by atoms with Gasteiger partial charge in [-0.1, -0.05) is 0 Å². The van der Waals surface area contributed by atoms with Crippen LogP contribution in [-0.2, 0) is 9.53 Å². The van der Waals surface area contributed by atoms with Crippen molar-refractivity contribution in [3.05, 3.63) is 45.2 Å². The van der Waals surface area contributed by atoms with Crippen LogP contribution in [0.4, 0.5) is 5.69 Å². The lowest BCUT2D eigenvalue weighted by Crippen LogP contribution is -2.15. The summed E-state index contributed by atoms with van der Waals surface area (Å²) in [5, 5.41) is 28.3. The first-order chi connectivity index (χ1) is 11.7. The molecule has 0 saturated carbocycles. The smallest absolute Gasteiger partial charge is 0.338 e. The van der Waals surface area contributed by atoms with Crippen molar-refractivity contribution in [3.63, 3.8) is 0 Å². The zero-order valence-electron chi connectivity index (χ0n) is 14.0. The fourth-order valence-electron chi connectivity index (χ4n) is 2.04. The highest BCUT2D eigenvalue weighted by atomic mass is 16.6. The Labute approximate surface area is 143 Å². The van der Waals surface area contributed by atoms with Gasteiger partial charge in [-0.05, 0) is 32.9 Å². The largest absolute Gasteiger partial charge is 0.508 e. The van der Waals surface area contributed by atoms with Crippen LogP contribution >= 0.6 is 0 Å². The van der Waals surface area contributed by atoms with Crippen LogP contribution in [0.5, 0.6) is 5.75 Å². The number of nitro groups is 1. The summed E-state index contributed by atoms with van der Waals surface area (Å²) in [5.41, 5.74) is -0.919. The van der Waals surface area contributed by atoms with Crippen LogP contribution in [0, 0.1) is 15.5 Å². The van der Waals surface area contributed by atoms with E-state index in [1.165, 1.54) is 26.0 Å². The summed E-state index contributed by atoms with van der Waals surface area (Å²) < 4.78 is 9.96. The van der Waals surface area contributed by atoms with E-state index < -0.39 is 34.7 Å². The van der Waals surface area contributed by atoms with E-state index in [-0.39, 0.29) is 29.2 Å². The van der Waals surface area contributed by atoms with Crippen LogP contribution in [0.1, 0.15) is 31.1 Å². The molecule has 0 aliphatic carbocycles. The number of aliphatic hydroxyl groups is 1. The Morgan fingerprint density at radius 2 is 1.96 bits per heavy atom. The van der Waals surface area contributed by atoms with Crippen LogP contribution < -0.4 is 4.74 Å². The average Bonchev–Trinajstić information content (AvgIpc) is 2.52. The molecule has 0 atom stereocenters. The van der Waals surface area contributed by atoms with Gasteiger partial charge in [-0.15, -0.1) is 0 Å². The number of rotatable bonds is 8. The van der Waals surface area contributed by atoms with Crippen LogP contribution in [0.3, 0.4) is 0 Å². The lowest BCUT2D eigenvalue weighted by Gasteiger charge is -2.09. The number of Topliss-reactive ketones (excluding diaryl/α,β-unsaturated/α-hetero) is 1. The second-order valence-electron chi connectivity index (χ2n) is 4.95. The summed E-state index contributed by atoms with van der Waals surface area (Å²) >= 11 is 0. The van der Waals surface area contributed by atoms with Crippen molar-refractivity contribution in [2.45, 2.75) is 20.8 Å². The van der Waals surface area contributed by atoms with E-state index in [2.05, 4.69) is 0 Å². The molecular formula is C16H18N2O7. The summed E-state index contributed by atoms with van der Waals surface area (Å²) in [6.45, 7) is 3.73. The summed E-state index contributed by atoms with van der Waals surface area (Å²) in [7, 11) is 0. The standard InChI is InChI=1S/C16H18N2O7/c1-4-24-14-6-5-11(7-12(14)18(22)23)16(21)25-8-13(20)15(9(2)17)10(3)19/h5-7,17,20H,4,8H2,1-3H3/b15-13-,17-9?. The average molecular weight is 350 g/mol. The Morgan fingerprint density at radius 1 is 1.32 bits per heavy atom. The zero-order chi connectivity index (χ0) is 19.1. The monoisotopic (exact) mass is 350 g/mol. The molecule has 2 N–H and O–H groups in total. The van der Waals surface area contributed by atoms with Crippen molar-refractivity contribution in [2.75, 3.05) is 13.2 Å². The molecule has 0 saturated heterocycles. The molecule has 0 bridgehead atoms. The highest BCUT2D eigenvalue weighted by Crippen LogP contribution is 2.28. The summed E-state index contributed by atoms with van der Waals surface area (Å²) in [6.07, 6.45) is 0. The third-order valence-electron chi connectivity index (χ3n) is 3.05. The van der Waals surface area contributed by atoms with E-state index in [1.807, 2.05) is 0 Å². The Kier molecular flexibility index (Phi) is 6.80. The number of esters is 1. The van der Waals surface area contributed by atoms with Gasteiger partial charge in [0.25, 0.3) is 0 Å².